The SMILES string of the molecule is CC(C)Cn1ncc(C(=O)NCC2(O)CCCC2)c1C(F)F. The number of aromatic nitrogens is 2. The molecule has 1 heterocycles. The number of amides is 1. The summed E-state index contributed by atoms with van der Waals surface area (Å²) in [4.78, 5) is 12.2. The van der Waals surface area contributed by atoms with Gasteiger partial charge in [0.2, 0.25) is 0 Å². The van der Waals surface area contributed by atoms with Gasteiger partial charge in [-0.1, -0.05) is 26.7 Å². The van der Waals surface area contributed by atoms with Crippen LogP contribution >= 0.6 is 0 Å². The van der Waals surface area contributed by atoms with Crippen LogP contribution in [0.1, 0.15) is 62.0 Å². The molecule has 124 valence electrons. The minimum atomic E-state index is -2.77. The summed E-state index contributed by atoms with van der Waals surface area (Å²) in [6.07, 6.45) is 1.50. The number of rotatable bonds is 6. The normalized spacial score (nSPS) is 17.4. The molecule has 0 unspecified atom stereocenters. The average molecular weight is 315 g/mol. The highest BCUT2D eigenvalue weighted by Crippen LogP contribution is 2.29. The Kier molecular flexibility index (Phi) is 5.16. The Bertz CT molecular complexity index is 523. The number of hydrogen-bond donors (Lipinski definition) is 2. The minimum absolute atomic E-state index is 0.0872. The van der Waals surface area contributed by atoms with E-state index in [1.165, 1.54) is 10.9 Å². The quantitative estimate of drug-likeness (QED) is 0.847. The van der Waals surface area contributed by atoms with Gasteiger partial charge in [0.15, 0.2) is 0 Å². The maximum atomic E-state index is 13.3. The summed E-state index contributed by atoms with van der Waals surface area (Å²) in [6, 6.07) is 0. The van der Waals surface area contributed by atoms with E-state index >= 15 is 0 Å². The standard InChI is InChI=1S/C15H23F2N3O2/c1-10(2)8-20-12(13(16)17)11(7-19-20)14(21)18-9-15(22)5-3-4-6-15/h7,10,13,22H,3-6,8-9H2,1-2H3,(H,18,21). The molecular weight excluding hydrogens is 292 g/mol. The first-order valence-corrected chi connectivity index (χ1v) is 7.67. The minimum Gasteiger partial charge on any atom is -0.388 e. The van der Waals surface area contributed by atoms with Gasteiger partial charge in [-0.3, -0.25) is 9.48 Å². The van der Waals surface area contributed by atoms with Crippen LogP contribution in [0.3, 0.4) is 0 Å². The maximum Gasteiger partial charge on any atom is 0.280 e. The van der Waals surface area contributed by atoms with Gasteiger partial charge in [0.25, 0.3) is 12.3 Å². The van der Waals surface area contributed by atoms with Crippen LogP contribution in [0.4, 0.5) is 8.78 Å². The van der Waals surface area contributed by atoms with E-state index in [1.807, 2.05) is 13.8 Å². The Morgan fingerprint density at radius 2 is 2.09 bits per heavy atom. The van der Waals surface area contributed by atoms with Crippen molar-refractivity contribution in [1.82, 2.24) is 15.1 Å². The van der Waals surface area contributed by atoms with Gasteiger partial charge in [0.1, 0.15) is 5.69 Å². The van der Waals surface area contributed by atoms with Crippen LogP contribution in [-0.4, -0.2) is 32.9 Å². The van der Waals surface area contributed by atoms with Crippen molar-refractivity contribution >= 4 is 5.91 Å². The summed E-state index contributed by atoms with van der Waals surface area (Å²) in [5.41, 5.74) is -1.38. The first-order chi connectivity index (χ1) is 10.3. The average Bonchev–Trinajstić information content (AvgIpc) is 3.03. The van der Waals surface area contributed by atoms with E-state index in [0.717, 1.165) is 12.8 Å². The van der Waals surface area contributed by atoms with Gasteiger partial charge < -0.3 is 10.4 Å². The van der Waals surface area contributed by atoms with E-state index in [9.17, 15) is 18.7 Å². The van der Waals surface area contributed by atoms with Crippen LogP contribution in [0.2, 0.25) is 0 Å². The first-order valence-electron chi connectivity index (χ1n) is 7.67. The number of carbonyl (C=O) groups excluding carboxylic acids is 1. The molecule has 0 radical (unpaired) electrons. The van der Waals surface area contributed by atoms with Crippen molar-refractivity contribution in [1.29, 1.82) is 0 Å². The molecular formula is C15H23F2N3O2. The van der Waals surface area contributed by atoms with Crippen molar-refractivity contribution in [2.24, 2.45) is 5.92 Å². The van der Waals surface area contributed by atoms with E-state index in [4.69, 9.17) is 0 Å². The fraction of sp³-hybridized carbons (Fsp3) is 0.733. The summed E-state index contributed by atoms with van der Waals surface area (Å²) in [5.74, 6) is -0.460. The summed E-state index contributed by atoms with van der Waals surface area (Å²) in [6.45, 7) is 4.21. The lowest BCUT2D eigenvalue weighted by molar-refractivity contribution is 0.0448. The monoisotopic (exact) mass is 315 g/mol. The fourth-order valence-corrected chi connectivity index (χ4v) is 2.84. The van der Waals surface area contributed by atoms with Crippen LogP contribution in [0.5, 0.6) is 0 Å². The second kappa shape index (κ2) is 6.73. The van der Waals surface area contributed by atoms with Crippen LogP contribution < -0.4 is 5.32 Å². The number of halogens is 2. The summed E-state index contributed by atoms with van der Waals surface area (Å²) < 4.78 is 27.7. The summed E-state index contributed by atoms with van der Waals surface area (Å²) >= 11 is 0. The Labute approximate surface area is 128 Å². The first kappa shape index (κ1) is 16.9. The Hall–Kier alpha value is -1.50. The van der Waals surface area contributed by atoms with Gasteiger partial charge in [-0.05, 0) is 18.8 Å². The molecule has 5 nitrogen and oxygen atoms in total. The van der Waals surface area contributed by atoms with E-state index in [2.05, 4.69) is 10.4 Å². The molecule has 0 atom stereocenters. The highest BCUT2D eigenvalue weighted by atomic mass is 19.3. The van der Waals surface area contributed by atoms with Gasteiger partial charge >= 0.3 is 0 Å². The van der Waals surface area contributed by atoms with Crippen molar-refractivity contribution in [2.45, 2.75) is 58.1 Å². The molecule has 2 rings (SSSR count). The number of nitrogens with zero attached hydrogens (tertiary/aromatic N) is 2. The van der Waals surface area contributed by atoms with E-state index in [0.29, 0.717) is 19.4 Å². The van der Waals surface area contributed by atoms with Crippen molar-refractivity contribution in [3.8, 4) is 0 Å². The Morgan fingerprint density at radius 3 is 2.64 bits per heavy atom. The molecule has 1 aromatic rings. The lowest BCUT2D eigenvalue weighted by Crippen LogP contribution is -2.41. The van der Waals surface area contributed by atoms with Crippen molar-refractivity contribution < 1.29 is 18.7 Å². The number of carbonyl (C=O) groups is 1. The number of alkyl halides is 2. The molecule has 0 bridgehead atoms. The van der Waals surface area contributed by atoms with Crippen LogP contribution in [0.15, 0.2) is 6.20 Å². The van der Waals surface area contributed by atoms with Crippen molar-refractivity contribution in [2.75, 3.05) is 6.54 Å². The molecule has 1 aliphatic carbocycles. The van der Waals surface area contributed by atoms with E-state index < -0.39 is 17.9 Å². The molecule has 1 saturated carbocycles. The third-order valence-corrected chi connectivity index (χ3v) is 3.98. The molecule has 7 heteroatoms. The zero-order valence-corrected chi connectivity index (χ0v) is 13.0. The Morgan fingerprint density at radius 1 is 1.45 bits per heavy atom. The number of hydrogen-bond acceptors (Lipinski definition) is 3. The number of aliphatic hydroxyl groups is 1. The second-order valence-electron chi connectivity index (χ2n) is 6.43. The van der Waals surface area contributed by atoms with Gasteiger partial charge in [-0.15, -0.1) is 0 Å². The topological polar surface area (TPSA) is 67.2 Å². The molecule has 0 saturated heterocycles. The lowest BCUT2D eigenvalue weighted by atomic mass is 10.0. The smallest absolute Gasteiger partial charge is 0.280 e. The highest BCUT2D eigenvalue weighted by molar-refractivity contribution is 5.95. The van der Waals surface area contributed by atoms with Gasteiger partial charge in [0, 0.05) is 13.1 Å². The molecule has 0 spiro atoms. The van der Waals surface area contributed by atoms with Gasteiger partial charge in [0.05, 0.1) is 17.4 Å². The van der Waals surface area contributed by atoms with Crippen molar-refractivity contribution in [3.63, 3.8) is 0 Å². The largest absolute Gasteiger partial charge is 0.388 e. The van der Waals surface area contributed by atoms with Crippen LogP contribution in [0.25, 0.3) is 0 Å². The van der Waals surface area contributed by atoms with Crippen LogP contribution in [0, 0.1) is 5.92 Å². The predicted molar refractivity (Wildman–Crippen MR) is 77.8 cm³/mol. The molecule has 0 aromatic carbocycles. The number of nitrogens with one attached hydrogen (secondary N) is 1. The third-order valence-electron chi connectivity index (χ3n) is 3.98. The Balaban J connectivity index is 2.10. The zero-order chi connectivity index (χ0) is 16.3. The molecule has 0 aliphatic heterocycles. The molecule has 1 amide bonds. The summed E-state index contributed by atoms with van der Waals surface area (Å²) in [5, 5.41) is 16.7. The predicted octanol–water partition coefficient (Wildman–Crippen LogP) is 2.51. The van der Waals surface area contributed by atoms with E-state index in [-0.39, 0.29) is 23.7 Å². The van der Waals surface area contributed by atoms with Crippen molar-refractivity contribution in [3.05, 3.63) is 17.5 Å². The lowest BCUT2D eigenvalue weighted by Gasteiger charge is -2.22. The van der Waals surface area contributed by atoms with E-state index in [1.54, 1.807) is 0 Å². The third kappa shape index (κ3) is 3.82. The van der Waals surface area contributed by atoms with Crippen LogP contribution in [-0.2, 0) is 6.54 Å². The molecule has 2 N–H and O–H groups in total. The second-order valence-corrected chi connectivity index (χ2v) is 6.43. The van der Waals surface area contributed by atoms with Gasteiger partial charge in [-0.25, -0.2) is 8.78 Å². The van der Waals surface area contributed by atoms with Gasteiger partial charge in [-0.2, -0.15) is 5.10 Å². The molecule has 1 aromatic heterocycles. The molecule has 1 fully saturated rings. The summed E-state index contributed by atoms with van der Waals surface area (Å²) in [7, 11) is 0. The maximum absolute atomic E-state index is 13.3. The highest BCUT2D eigenvalue weighted by Gasteiger charge is 2.32. The molecule has 1 aliphatic rings. The fourth-order valence-electron chi connectivity index (χ4n) is 2.84. The zero-order valence-electron chi connectivity index (χ0n) is 13.0. The molecule has 22 heavy (non-hydrogen) atoms.